The van der Waals surface area contributed by atoms with Gasteiger partial charge >= 0.3 is 0 Å². The van der Waals surface area contributed by atoms with Gasteiger partial charge in [-0.15, -0.1) is 0 Å². The second-order valence-electron chi connectivity index (χ2n) is 3.73. The summed E-state index contributed by atoms with van der Waals surface area (Å²) in [6.45, 7) is 1.61. The number of Topliss-reactive ketones (excluding diaryl/α,β-unsaturated/α-hetero) is 1. The van der Waals surface area contributed by atoms with E-state index in [9.17, 15) is 9.18 Å². The molecule has 74 valence electrons. The summed E-state index contributed by atoms with van der Waals surface area (Å²) in [6, 6.07) is 4.96. The van der Waals surface area contributed by atoms with E-state index in [1.807, 2.05) is 0 Å². The fourth-order valence-corrected chi connectivity index (χ4v) is 2.15. The summed E-state index contributed by atoms with van der Waals surface area (Å²) in [4.78, 5) is 11.1. The highest BCUT2D eigenvalue weighted by molar-refractivity contribution is 9.10. The molecule has 0 aromatic heterocycles. The van der Waals surface area contributed by atoms with E-state index >= 15 is 0 Å². The van der Waals surface area contributed by atoms with Crippen molar-refractivity contribution in [1.82, 2.24) is 0 Å². The summed E-state index contributed by atoms with van der Waals surface area (Å²) < 4.78 is 13.4. The highest BCUT2D eigenvalue weighted by atomic mass is 79.9. The molecule has 14 heavy (non-hydrogen) atoms. The first-order chi connectivity index (χ1) is 6.59. The van der Waals surface area contributed by atoms with Crippen LogP contribution in [0.1, 0.15) is 24.8 Å². The van der Waals surface area contributed by atoms with E-state index in [1.165, 1.54) is 6.07 Å². The Balaban J connectivity index is 2.20. The molecule has 0 N–H and O–H groups in total. The van der Waals surface area contributed by atoms with Gasteiger partial charge in [0, 0.05) is 5.92 Å². The van der Waals surface area contributed by atoms with Gasteiger partial charge in [-0.1, -0.05) is 6.07 Å². The lowest BCUT2D eigenvalue weighted by Gasteiger charge is -2.00. The second kappa shape index (κ2) is 3.46. The lowest BCUT2D eigenvalue weighted by atomic mass is 10.1. The van der Waals surface area contributed by atoms with Crippen molar-refractivity contribution in [2.24, 2.45) is 5.92 Å². The third-order valence-electron chi connectivity index (χ3n) is 2.68. The van der Waals surface area contributed by atoms with Gasteiger partial charge in [-0.3, -0.25) is 4.79 Å². The maximum Gasteiger partial charge on any atom is 0.137 e. The summed E-state index contributed by atoms with van der Waals surface area (Å²) in [7, 11) is 0. The van der Waals surface area contributed by atoms with E-state index < -0.39 is 0 Å². The Labute approximate surface area is 90.4 Å². The summed E-state index contributed by atoms with van der Waals surface area (Å²) in [5.74, 6) is 0.445. The van der Waals surface area contributed by atoms with Crippen molar-refractivity contribution in [2.45, 2.75) is 19.3 Å². The van der Waals surface area contributed by atoms with Crippen LogP contribution in [0, 0.1) is 11.7 Å². The average Bonchev–Trinajstić information content (AvgIpc) is 2.89. The molecule has 3 heteroatoms. The predicted molar refractivity (Wildman–Crippen MR) is 55.6 cm³/mol. The molecule has 2 unspecified atom stereocenters. The van der Waals surface area contributed by atoms with Gasteiger partial charge in [0.2, 0.25) is 0 Å². The Morgan fingerprint density at radius 1 is 1.57 bits per heavy atom. The molecule has 2 atom stereocenters. The second-order valence-corrected chi connectivity index (χ2v) is 4.59. The van der Waals surface area contributed by atoms with Crippen molar-refractivity contribution in [2.75, 3.05) is 0 Å². The molecule has 2 rings (SSSR count). The molecule has 1 aromatic rings. The maximum atomic E-state index is 12.9. The molecular formula is C11H10BrFO. The van der Waals surface area contributed by atoms with E-state index in [0.717, 1.165) is 12.0 Å². The van der Waals surface area contributed by atoms with Crippen molar-refractivity contribution in [3.63, 3.8) is 0 Å². The zero-order valence-electron chi connectivity index (χ0n) is 7.76. The van der Waals surface area contributed by atoms with Gasteiger partial charge < -0.3 is 0 Å². The Morgan fingerprint density at radius 3 is 2.79 bits per heavy atom. The topological polar surface area (TPSA) is 17.1 Å². The number of rotatable bonds is 2. The SMILES string of the molecule is CC(=O)C1CC1c1ccc(F)c(Br)c1. The van der Waals surface area contributed by atoms with Crippen LogP contribution < -0.4 is 0 Å². The number of hydrogen-bond acceptors (Lipinski definition) is 1. The average molecular weight is 257 g/mol. The number of hydrogen-bond donors (Lipinski definition) is 0. The lowest BCUT2D eigenvalue weighted by Crippen LogP contribution is -1.94. The minimum absolute atomic E-state index is 0.160. The van der Waals surface area contributed by atoms with Gasteiger partial charge in [-0.2, -0.15) is 0 Å². The molecule has 1 aromatic carbocycles. The van der Waals surface area contributed by atoms with Crippen molar-refractivity contribution in [3.8, 4) is 0 Å². The predicted octanol–water partition coefficient (Wildman–Crippen LogP) is 3.28. The van der Waals surface area contributed by atoms with Crippen LogP contribution in [0.15, 0.2) is 22.7 Å². The van der Waals surface area contributed by atoms with E-state index in [4.69, 9.17) is 0 Å². The first kappa shape index (κ1) is 9.84. The summed E-state index contributed by atoms with van der Waals surface area (Å²) >= 11 is 3.14. The van der Waals surface area contributed by atoms with Gasteiger partial charge in [0.05, 0.1) is 4.47 Å². The number of benzene rings is 1. The molecule has 0 radical (unpaired) electrons. The molecule has 0 heterocycles. The number of carbonyl (C=O) groups excluding carboxylic acids is 1. The molecular weight excluding hydrogens is 247 g/mol. The monoisotopic (exact) mass is 256 g/mol. The largest absolute Gasteiger partial charge is 0.300 e. The van der Waals surface area contributed by atoms with Crippen LogP contribution in [-0.2, 0) is 4.79 Å². The van der Waals surface area contributed by atoms with E-state index in [0.29, 0.717) is 10.4 Å². The van der Waals surface area contributed by atoms with E-state index in [2.05, 4.69) is 15.9 Å². The molecule has 0 bridgehead atoms. The smallest absolute Gasteiger partial charge is 0.137 e. The van der Waals surface area contributed by atoms with E-state index in [-0.39, 0.29) is 17.5 Å². The molecule has 1 saturated carbocycles. The van der Waals surface area contributed by atoms with Gasteiger partial charge in [-0.05, 0) is 52.9 Å². The van der Waals surface area contributed by atoms with Crippen molar-refractivity contribution < 1.29 is 9.18 Å². The Morgan fingerprint density at radius 2 is 2.29 bits per heavy atom. The number of halogens is 2. The van der Waals surface area contributed by atoms with E-state index in [1.54, 1.807) is 19.1 Å². The van der Waals surface area contributed by atoms with Crippen LogP contribution in [-0.4, -0.2) is 5.78 Å². The number of carbonyl (C=O) groups is 1. The summed E-state index contributed by atoms with van der Waals surface area (Å²) in [6.07, 6.45) is 0.910. The van der Waals surface area contributed by atoms with Crippen molar-refractivity contribution in [3.05, 3.63) is 34.1 Å². The lowest BCUT2D eigenvalue weighted by molar-refractivity contribution is -0.118. The summed E-state index contributed by atoms with van der Waals surface area (Å²) in [5, 5.41) is 0. The Kier molecular flexibility index (Phi) is 2.43. The number of ketones is 1. The zero-order valence-corrected chi connectivity index (χ0v) is 9.34. The Hall–Kier alpha value is -0.700. The highest BCUT2D eigenvalue weighted by Crippen LogP contribution is 2.48. The van der Waals surface area contributed by atoms with Gasteiger partial charge in [0.25, 0.3) is 0 Å². The Bertz CT molecular complexity index is 389. The quantitative estimate of drug-likeness (QED) is 0.794. The highest BCUT2D eigenvalue weighted by Gasteiger charge is 2.41. The van der Waals surface area contributed by atoms with Crippen LogP contribution in [0.25, 0.3) is 0 Å². The van der Waals surface area contributed by atoms with Gasteiger partial charge in [0.1, 0.15) is 11.6 Å². The zero-order chi connectivity index (χ0) is 10.3. The molecule has 0 saturated heterocycles. The molecule has 1 aliphatic rings. The van der Waals surface area contributed by atoms with Crippen LogP contribution in [0.3, 0.4) is 0 Å². The summed E-state index contributed by atoms with van der Waals surface area (Å²) in [5.41, 5.74) is 1.05. The molecule has 1 nitrogen and oxygen atoms in total. The normalized spacial score (nSPS) is 24.8. The van der Waals surface area contributed by atoms with Gasteiger partial charge in [0.15, 0.2) is 0 Å². The van der Waals surface area contributed by atoms with Crippen molar-refractivity contribution >= 4 is 21.7 Å². The fraction of sp³-hybridized carbons (Fsp3) is 0.364. The minimum Gasteiger partial charge on any atom is -0.300 e. The van der Waals surface area contributed by atoms with Crippen LogP contribution in [0.2, 0.25) is 0 Å². The van der Waals surface area contributed by atoms with Crippen LogP contribution in [0.4, 0.5) is 4.39 Å². The molecule has 1 fully saturated rings. The standard InChI is InChI=1S/C11H10BrFO/c1-6(14)8-5-9(8)7-2-3-11(13)10(12)4-7/h2-4,8-9H,5H2,1H3. The maximum absolute atomic E-state index is 12.9. The fourth-order valence-electron chi connectivity index (χ4n) is 1.76. The van der Waals surface area contributed by atoms with Crippen molar-refractivity contribution in [1.29, 1.82) is 0 Å². The molecule has 0 aliphatic heterocycles. The van der Waals surface area contributed by atoms with Gasteiger partial charge in [-0.25, -0.2) is 4.39 Å². The molecule has 0 amide bonds. The van der Waals surface area contributed by atoms with Crippen LogP contribution in [0.5, 0.6) is 0 Å². The third kappa shape index (κ3) is 1.73. The third-order valence-corrected chi connectivity index (χ3v) is 3.29. The molecule has 1 aliphatic carbocycles. The first-order valence-corrected chi connectivity index (χ1v) is 5.34. The first-order valence-electron chi connectivity index (χ1n) is 4.55. The molecule has 0 spiro atoms. The minimum atomic E-state index is -0.256. The van der Waals surface area contributed by atoms with Crippen LogP contribution >= 0.6 is 15.9 Å².